The normalized spacial score (nSPS) is 21.2. The third-order valence-corrected chi connectivity index (χ3v) is 5.30. The Labute approximate surface area is 156 Å². The van der Waals surface area contributed by atoms with Gasteiger partial charge in [0.2, 0.25) is 0 Å². The maximum Gasteiger partial charge on any atom is 0.318 e. The zero-order valence-corrected chi connectivity index (χ0v) is 15.3. The van der Waals surface area contributed by atoms with Crippen molar-refractivity contribution in [1.82, 2.24) is 0 Å². The molecule has 0 saturated carbocycles. The van der Waals surface area contributed by atoms with Crippen LogP contribution in [0.15, 0.2) is 12.1 Å². The second kappa shape index (κ2) is 6.52. The molecule has 8 nitrogen and oxygen atoms in total. The van der Waals surface area contributed by atoms with Crippen LogP contribution in [0.2, 0.25) is 0 Å². The Morgan fingerprint density at radius 2 is 1.48 bits per heavy atom. The molecule has 8 heteroatoms. The highest BCUT2D eigenvalue weighted by Gasteiger charge is 2.71. The predicted octanol–water partition coefficient (Wildman–Crippen LogP) is 1.76. The van der Waals surface area contributed by atoms with Gasteiger partial charge >= 0.3 is 5.97 Å². The fraction of sp³-hybridized carbons (Fsp3) is 0.421. The van der Waals surface area contributed by atoms with Crippen LogP contribution in [0.1, 0.15) is 18.1 Å². The molecule has 136 valence electrons. The number of carbonyl (C=O) groups excluding carboxylic acids is 1. The number of rotatable bonds is 3. The molecule has 0 aromatic heterocycles. The number of nitriles is 4. The van der Waals surface area contributed by atoms with Crippen LogP contribution >= 0.6 is 0 Å². The van der Waals surface area contributed by atoms with E-state index in [1.807, 2.05) is 12.1 Å². The van der Waals surface area contributed by atoms with E-state index in [4.69, 9.17) is 14.2 Å². The van der Waals surface area contributed by atoms with Crippen molar-refractivity contribution in [2.24, 2.45) is 10.8 Å². The van der Waals surface area contributed by atoms with E-state index >= 15 is 0 Å². The molecule has 1 atom stereocenters. The van der Waals surface area contributed by atoms with Gasteiger partial charge in [-0.25, -0.2) is 0 Å². The monoisotopic (exact) mass is 364 g/mol. The molecule has 1 aliphatic carbocycles. The zero-order valence-electron chi connectivity index (χ0n) is 15.3. The van der Waals surface area contributed by atoms with Gasteiger partial charge in [0, 0.05) is 6.42 Å². The maximum atomic E-state index is 12.8. The minimum atomic E-state index is -2.30. The number of hydrogen-bond acceptors (Lipinski definition) is 8. The van der Waals surface area contributed by atoms with Crippen molar-refractivity contribution in [3.63, 3.8) is 0 Å². The van der Waals surface area contributed by atoms with E-state index in [0.717, 1.165) is 7.11 Å². The SMILES string of the molecule is COC(=O)C1(C)c2cc(OC)c(OC)cc2CC(C#N)(C#N)C1(C#N)C#N. The van der Waals surface area contributed by atoms with Crippen molar-refractivity contribution in [2.75, 3.05) is 21.3 Å². The Kier molecular flexibility index (Phi) is 4.73. The van der Waals surface area contributed by atoms with Crippen LogP contribution in [0.25, 0.3) is 0 Å². The Bertz CT molecular complexity index is 946. The van der Waals surface area contributed by atoms with Gasteiger partial charge in [-0.15, -0.1) is 0 Å². The quantitative estimate of drug-likeness (QED) is 0.739. The molecule has 0 fully saturated rings. The molecule has 0 N–H and O–H groups in total. The summed E-state index contributed by atoms with van der Waals surface area (Å²) >= 11 is 0. The second-order valence-electron chi connectivity index (χ2n) is 6.26. The summed E-state index contributed by atoms with van der Waals surface area (Å²) in [5, 5.41) is 39.5. The number of ether oxygens (including phenoxy) is 3. The van der Waals surface area contributed by atoms with Crippen LogP contribution in [0.3, 0.4) is 0 Å². The molecule has 27 heavy (non-hydrogen) atoms. The predicted molar refractivity (Wildman–Crippen MR) is 89.9 cm³/mol. The number of benzene rings is 1. The lowest BCUT2D eigenvalue weighted by atomic mass is 9.46. The van der Waals surface area contributed by atoms with Gasteiger partial charge in [-0.3, -0.25) is 4.79 Å². The summed E-state index contributed by atoms with van der Waals surface area (Å²) in [7, 11) is 3.94. The average Bonchev–Trinajstić information content (AvgIpc) is 2.71. The molecule has 0 spiro atoms. The number of methoxy groups -OCH3 is 3. The molecule has 0 heterocycles. The van der Waals surface area contributed by atoms with Crippen molar-refractivity contribution in [3.8, 4) is 35.8 Å². The van der Waals surface area contributed by atoms with Gasteiger partial charge in [0.15, 0.2) is 22.3 Å². The summed E-state index contributed by atoms with van der Waals surface area (Å²) in [5.41, 5.74) is -5.61. The first-order chi connectivity index (χ1) is 12.8. The van der Waals surface area contributed by atoms with Crippen molar-refractivity contribution in [2.45, 2.75) is 18.8 Å². The number of fused-ring (bicyclic) bond motifs is 1. The molecular weight excluding hydrogens is 348 g/mol. The highest BCUT2D eigenvalue weighted by Crippen LogP contribution is 2.60. The van der Waals surface area contributed by atoms with Crippen LogP contribution in [0.5, 0.6) is 11.5 Å². The molecule has 1 aromatic rings. The van der Waals surface area contributed by atoms with E-state index in [1.165, 1.54) is 33.3 Å². The fourth-order valence-corrected chi connectivity index (χ4v) is 3.76. The first kappa shape index (κ1) is 19.6. The molecule has 0 saturated heterocycles. The maximum absolute atomic E-state index is 12.8. The van der Waals surface area contributed by atoms with E-state index < -0.39 is 22.2 Å². The van der Waals surface area contributed by atoms with E-state index in [2.05, 4.69) is 0 Å². The van der Waals surface area contributed by atoms with Crippen molar-refractivity contribution in [1.29, 1.82) is 21.0 Å². The Hall–Kier alpha value is -3.75. The highest BCUT2D eigenvalue weighted by atomic mass is 16.5. The number of hydrogen-bond donors (Lipinski definition) is 0. The molecular formula is C19H16N4O4. The lowest BCUT2D eigenvalue weighted by Crippen LogP contribution is -2.60. The summed E-state index contributed by atoms with van der Waals surface area (Å²) in [6.07, 6.45) is -0.233. The summed E-state index contributed by atoms with van der Waals surface area (Å²) in [5.74, 6) is -0.305. The third-order valence-electron chi connectivity index (χ3n) is 5.30. The average molecular weight is 364 g/mol. The van der Waals surface area contributed by atoms with Crippen LogP contribution < -0.4 is 9.47 Å². The smallest absolute Gasteiger partial charge is 0.318 e. The summed E-state index contributed by atoms with van der Waals surface area (Å²) < 4.78 is 15.4. The Morgan fingerprint density at radius 3 is 1.89 bits per heavy atom. The summed E-state index contributed by atoms with van der Waals surface area (Å²) in [4.78, 5) is 12.8. The van der Waals surface area contributed by atoms with Gasteiger partial charge < -0.3 is 14.2 Å². The number of esters is 1. The Morgan fingerprint density at radius 1 is 0.963 bits per heavy atom. The molecule has 0 amide bonds. The minimum absolute atomic E-state index is 0.233. The van der Waals surface area contributed by atoms with Gasteiger partial charge in [-0.1, -0.05) is 0 Å². The van der Waals surface area contributed by atoms with Crippen LogP contribution in [0, 0.1) is 56.2 Å². The second-order valence-corrected chi connectivity index (χ2v) is 6.26. The molecule has 1 aromatic carbocycles. The van der Waals surface area contributed by atoms with E-state index in [9.17, 15) is 25.8 Å². The number of carbonyl (C=O) groups is 1. The van der Waals surface area contributed by atoms with Gasteiger partial charge in [0.1, 0.15) is 5.41 Å². The molecule has 0 aliphatic heterocycles. The van der Waals surface area contributed by atoms with Crippen LogP contribution in [0.4, 0.5) is 0 Å². The lowest BCUT2D eigenvalue weighted by molar-refractivity contribution is -0.152. The zero-order chi connectivity index (χ0) is 20.5. The van der Waals surface area contributed by atoms with Gasteiger partial charge in [-0.2, -0.15) is 21.0 Å². The first-order valence-corrected chi connectivity index (χ1v) is 7.80. The molecule has 1 aliphatic rings. The largest absolute Gasteiger partial charge is 0.493 e. The van der Waals surface area contributed by atoms with Crippen LogP contribution in [-0.2, 0) is 21.4 Å². The number of nitrogens with zero attached hydrogens (tertiary/aromatic N) is 4. The fourth-order valence-electron chi connectivity index (χ4n) is 3.76. The molecule has 0 bridgehead atoms. The van der Waals surface area contributed by atoms with E-state index in [1.54, 1.807) is 12.1 Å². The van der Waals surface area contributed by atoms with Gasteiger partial charge in [0.05, 0.1) is 45.6 Å². The lowest BCUT2D eigenvalue weighted by Gasteiger charge is -2.48. The van der Waals surface area contributed by atoms with Crippen molar-refractivity contribution < 1.29 is 19.0 Å². The molecule has 2 rings (SSSR count). The van der Waals surface area contributed by atoms with Gasteiger partial charge in [-0.05, 0) is 30.2 Å². The van der Waals surface area contributed by atoms with Crippen molar-refractivity contribution in [3.05, 3.63) is 23.3 Å². The standard InChI is InChI=1S/C19H16N4O4/c1-17(16(24)27-4)13-6-15(26-3)14(25-2)5-12(13)7-18(8-20,9-21)19(17,10-22)11-23/h5-6H,7H2,1-4H3. The summed E-state index contributed by atoms with van der Waals surface area (Å²) in [6, 6.07) is 10.2. The van der Waals surface area contributed by atoms with E-state index in [-0.39, 0.29) is 17.7 Å². The highest BCUT2D eigenvalue weighted by molar-refractivity contribution is 5.88. The van der Waals surface area contributed by atoms with Crippen LogP contribution in [-0.4, -0.2) is 27.3 Å². The Balaban J connectivity index is 3.09. The minimum Gasteiger partial charge on any atom is -0.493 e. The summed E-state index contributed by atoms with van der Waals surface area (Å²) in [6.45, 7) is 1.33. The van der Waals surface area contributed by atoms with Gasteiger partial charge in [0.25, 0.3) is 0 Å². The topological polar surface area (TPSA) is 140 Å². The molecule has 1 unspecified atom stereocenters. The first-order valence-electron chi connectivity index (χ1n) is 7.80. The van der Waals surface area contributed by atoms with Crippen molar-refractivity contribution >= 4 is 5.97 Å². The molecule has 0 radical (unpaired) electrons. The van der Waals surface area contributed by atoms with E-state index in [0.29, 0.717) is 11.3 Å². The third kappa shape index (κ3) is 2.14.